The molecule has 0 heterocycles. The zero-order valence-electron chi connectivity index (χ0n) is 18.3. The Morgan fingerprint density at radius 1 is 1.26 bits per heavy atom. The van der Waals surface area contributed by atoms with Crippen LogP contribution in [0.25, 0.3) is 0 Å². The van der Waals surface area contributed by atoms with Gasteiger partial charge in [-0.15, -0.1) is 9.24 Å². The van der Waals surface area contributed by atoms with Crippen LogP contribution in [0.2, 0.25) is 0 Å². The third kappa shape index (κ3) is 9.56. The second kappa shape index (κ2) is 10.9. The van der Waals surface area contributed by atoms with Gasteiger partial charge in [-0.05, 0) is 57.9 Å². The van der Waals surface area contributed by atoms with Crippen molar-refractivity contribution in [3.05, 3.63) is 12.7 Å². The molecule has 0 saturated carbocycles. The molecule has 0 spiro atoms. The van der Waals surface area contributed by atoms with Crippen LogP contribution in [0.1, 0.15) is 61.3 Å². The van der Waals surface area contributed by atoms with Crippen LogP contribution in [0, 0.1) is 11.3 Å². The number of hydrogen-bond donors (Lipinski definition) is 2. The molecule has 0 bridgehead atoms. The predicted octanol–water partition coefficient (Wildman–Crippen LogP) is 2.98. The van der Waals surface area contributed by atoms with Crippen molar-refractivity contribution in [3.63, 3.8) is 0 Å². The molecular formula is C20H40BN2O3P. The smallest absolute Gasteiger partial charge is 0.243 e. The molecule has 0 aliphatic heterocycles. The van der Waals surface area contributed by atoms with Gasteiger partial charge in [0.15, 0.2) is 0 Å². The molecule has 0 aromatic carbocycles. The highest BCUT2D eigenvalue weighted by atomic mass is 31.0. The summed E-state index contributed by atoms with van der Waals surface area (Å²) < 4.78 is 12.2. The van der Waals surface area contributed by atoms with E-state index < -0.39 is 10.8 Å². The second-order valence-corrected chi connectivity index (χ2v) is 9.91. The molecule has 1 amide bonds. The minimum atomic E-state index is -0.811. The fraction of sp³-hybridized carbons (Fsp3) is 0.850. The number of hydrogen-bond acceptors (Lipinski definition) is 4. The van der Waals surface area contributed by atoms with Crippen LogP contribution in [0.15, 0.2) is 12.7 Å². The largest absolute Gasteiger partial charge is 0.381 e. The van der Waals surface area contributed by atoms with Gasteiger partial charge in [0.2, 0.25) is 5.91 Å². The van der Waals surface area contributed by atoms with E-state index >= 15 is 0 Å². The van der Waals surface area contributed by atoms with Crippen molar-refractivity contribution >= 4 is 23.0 Å². The lowest BCUT2D eigenvalue weighted by atomic mass is 9.62. The van der Waals surface area contributed by atoms with E-state index in [-0.39, 0.29) is 29.4 Å². The highest BCUT2D eigenvalue weighted by Gasteiger charge is 2.39. The topological polar surface area (TPSA) is 73.6 Å². The first-order chi connectivity index (χ1) is 12.1. The molecule has 27 heavy (non-hydrogen) atoms. The van der Waals surface area contributed by atoms with Crippen molar-refractivity contribution in [2.45, 2.75) is 84.3 Å². The maximum Gasteiger partial charge on any atom is 0.243 e. The van der Waals surface area contributed by atoms with Gasteiger partial charge < -0.3 is 20.5 Å². The SMILES string of the molecule is [B]C(C)(OC(C)C(C)C(C)N)C(C)(C)CCOC(C)(P)CCNC(=O)C=C. The van der Waals surface area contributed by atoms with Gasteiger partial charge in [-0.1, -0.05) is 27.4 Å². The van der Waals surface area contributed by atoms with Crippen LogP contribution < -0.4 is 11.1 Å². The summed E-state index contributed by atoms with van der Waals surface area (Å²) in [5, 5.41) is 2.34. The van der Waals surface area contributed by atoms with Gasteiger partial charge in [-0.3, -0.25) is 4.79 Å². The van der Waals surface area contributed by atoms with Gasteiger partial charge >= 0.3 is 0 Å². The highest BCUT2D eigenvalue weighted by Crippen LogP contribution is 2.37. The summed E-state index contributed by atoms with van der Waals surface area (Å²) in [6, 6.07) is 0.0432. The molecule has 5 nitrogen and oxygen atoms in total. The van der Waals surface area contributed by atoms with Crippen LogP contribution in [-0.2, 0) is 14.3 Å². The molecule has 156 valence electrons. The molecular weight excluding hydrogens is 358 g/mol. The Morgan fingerprint density at radius 3 is 2.30 bits per heavy atom. The summed E-state index contributed by atoms with van der Waals surface area (Å²) in [6.45, 7) is 18.6. The zero-order valence-corrected chi connectivity index (χ0v) is 19.5. The average molecular weight is 398 g/mol. The second-order valence-electron chi connectivity index (χ2n) is 8.69. The first-order valence-corrected chi connectivity index (χ1v) is 10.3. The number of ether oxygens (including phenoxy) is 2. The average Bonchev–Trinajstić information content (AvgIpc) is 2.52. The number of nitrogens with one attached hydrogen (secondary N) is 1. The number of carbonyl (C=O) groups excluding carboxylic acids is 1. The van der Waals surface area contributed by atoms with Crippen LogP contribution in [-0.4, -0.2) is 49.9 Å². The Hall–Kier alpha value is -0.415. The number of amides is 1. The molecule has 0 aromatic rings. The van der Waals surface area contributed by atoms with Crippen LogP contribution >= 0.6 is 9.24 Å². The van der Waals surface area contributed by atoms with Crippen molar-refractivity contribution < 1.29 is 14.3 Å². The third-order valence-electron chi connectivity index (χ3n) is 5.61. The molecule has 6 atom stereocenters. The van der Waals surface area contributed by atoms with Crippen LogP contribution in [0.3, 0.4) is 0 Å². The van der Waals surface area contributed by atoms with E-state index in [9.17, 15) is 4.79 Å². The quantitative estimate of drug-likeness (QED) is 0.284. The Kier molecular flexibility index (Phi) is 10.8. The lowest BCUT2D eigenvalue weighted by molar-refractivity contribution is -0.117. The maximum absolute atomic E-state index is 11.2. The van der Waals surface area contributed by atoms with Crippen molar-refractivity contribution in [1.29, 1.82) is 0 Å². The molecule has 7 heteroatoms. The van der Waals surface area contributed by atoms with Gasteiger partial charge in [0.25, 0.3) is 0 Å². The molecule has 2 radical (unpaired) electrons. The summed E-state index contributed by atoms with van der Waals surface area (Å²) in [5.74, 6) is 0.0316. The molecule has 3 N–H and O–H groups in total. The Balaban J connectivity index is 4.59. The zero-order chi connectivity index (χ0) is 21.5. The fourth-order valence-electron chi connectivity index (χ4n) is 2.45. The molecule has 0 aliphatic rings. The van der Waals surface area contributed by atoms with Gasteiger partial charge in [-0.2, -0.15) is 0 Å². The molecule has 0 saturated heterocycles. The molecule has 0 rings (SSSR count). The van der Waals surface area contributed by atoms with E-state index in [0.717, 1.165) is 6.42 Å². The summed E-state index contributed by atoms with van der Waals surface area (Å²) in [6.07, 6.45) is 2.64. The predicted molar refractivity (Wildman–Crippen MR) is 118 cm³/mol. The van der Waals surface area contributed by atoms with Gasteiger partial charge in [0.05, 0.1) is 11.4 Å². The minimum Gasteiger partial charge on any atom is -0.381 e. The van der Waals surface area contributed by atoms with E-state index in [1.54, 1.807) is 0 Å². The van der Waals surface area contributed by atoms with Crippen LogP contribution in [0.5, 0.6) is 0 Å². The summed E-state index contributed by atoms with van der Waals surface area (Å²) in [4.78, 5) is 11.2. The summed E-state index contributed by atoms with van der Waals surface area (Å²) in [5.41, 5.74) is 4.88. The van der Waals surface area contributed by atoms with E-state index in [1.807, 2.05) is 27.7 Å². The van der Waals surface area contributed by atoms with Gasteiger partial charge in [-0.25, -0.2) is 0 Å². The van der Waals surface area contributed by atoms with Crippen molar-refractivity contribution in [2.75, 3.05) is 13.2 Å². The first-order valence-electron chi connectivity index (χ1n) is 9.70. The van der Waals surface area contributed by atoms with Gasteiger partial charge in [0.1, 0.15) is 7.85 Å². The highest BCUT2D eigenvalue weighted by molar-refractivity contribution is 7.18. The summed E-state index contributed by atoms with van der Waals surface area (Å²) >= 11 is 0. The number of nitrogens with two attached hydrogens (primary N) is 1. The normalized spacial score (nSPS) is 20.0. The lowest BCUT2D eigenvalue weighted by Crippen LogP contribution is -2.50. The standard InChI is InChI=1S/C20H40BN2O3P/c1-9-17(24)23-12-10-19(7,27)25-13-11-18(5,6)20(8,21)26-16(4)14(2)15(3)22/h9,14-16H,1,10-13,22,27H2,2-8H3,(H,23,24). The molecule has 6 unspecified atom stereocenters. The monoisotopic (exact) mass is 398 g/mol. The number of carbonyl (C=O) groups is 1. The Morgan fingerprint density at radius 2 is 1.81 bits per heavy atom. The van der Waals surface area contributed by atoms with E-state index in [0.29, 0.717) is 19.6 Å². The van der Waals surface area contributed by atoms with Gasteiger partial charge in [0, 0.05) is 24.7 Å². The lowest BCUT2D eigenvalue weighted by Gasteiger charge is -2.45. The number of rotatable bonds is 13. The van der Waals surface area contributed by atoms with Crippen molar-refractivity contribution in [2.24, 2.45) is 17.1 Å². The van der Waals surface area contributed by atoms with Crippen molar-refractivity contribution in [1.82, 2.24) is 5.32 Å². The summed E-state index contributed by atoms with van der Waals surface area (Å²) in [7, 11) is 9.24. The third-order valence-corrected chi connectivity index (χ3v) is 6.06. The molecule has 0 fully saturated rings. The van der Waals surface area contributed by atoms with Crippen LogP contribution in [0.4, 0.5) is 0 Å². The maximum atomic E-state index is 11.2. The van der Waals surface area contributed by atoms with E-state index in [2.05, 4.69) is 41.9 Å². The van der Waals surface area contributed by atoms with Crippen molar-refractivity contribution in [3.8, 4) is 0 Å². The van der Waals surface area contributed by atoms with E-state index in [1.165, 1.54) is 6.08 Å². The Bertz CT molecular complexity index is 482. The fourth-order valence-corrected chi connectivity index (χ4v) is 2.71. The minimum absolute atomic E-state index is 0.0411. The van der Waals surface area contributed by atoms with E-state index in [4.69, 9.17) is 23.1 Å². The first kappa shape index (κ1) is 26.6. The molecule has 0 aromatic heterocycles. The Labute approximate surface area is 170 Å². The molecule has 0 aliphatic carbocycles.